The second-order valence-electron chi connectivity index (χ2n) is 7.00. The van der Waals surface area contributed by atoms with E-state index in [1.807, 2.05) is 36.4 Å². The number of benzene rings is 2. The Bertz CT molecular complexity index is 754. The number of rotatable bonds is 13. The molecule has 0 saturated carbocycles. The van der Waals surface area contributed by atoms with Crippen LogP contribution >= 0.6 is 0 Å². The van der Waals surface area contributed by atoms with Crippen LogP contribution in [0, 0.1) is 0 Å². The van der Waals surface area contributed by atoms with Crippen LogP contribution in [-0.4, -0.2) is 65.6 Å². The minimum absolute atomic E-state index is 0. The molecule has 5 heteroatoms. The Labute approximate surface area is 207 Å². The van der Waals surface area contributed by atoms with E-state index in [0.29, 0.717) is 12.2 Å². The monoisotopic (exact) mass is 416 g/mol. The Morgan fingerprint density at radius 3 is 1.96 bits per heavy atom. The number of hydrogen-bond acceptors (Lipinski definition) is 3. The van der Waals surface area contributed by atoms with E-state index in [2.05, 4.69) is 6.92 Å². The molecule has 0 radical (unpaired) electrons. The van der Waals surface area contributed by atoms with Gasteiger partial charge in [0.25, 0.3) is 0 Å². The quantitative estimate of drug-likeness (QED) is 0.235. The molecule has 0 amide bonds. The van der Waals surface area contributed by atoms with Crippen LogP contribution in [0.5, 0.6) is 5.75 Å². The van der Waals surface area contributed by atoms with Crippen molar-refractivity contribution in [2.75, 3.05) is 5.75 Å². The average Bonchev–Trinajstić information content (AvgIpc) is 2.63. The molecule has 0 aliphatic heterocycles. The molecule has 0 aromatic heterocycles. The standard InChI is InChI=1S/C22H32O3S.K.H/c1-2-3-4-5-6-7-8-9-10-13-19-26(23,24)25-22-18-14-16-20-15-11-12-17-21(20)22;;/h11-12,14-18H,2-10,13,19H2,1H3;;. The van der Waals surface area contributed by atoms with Gasteiger partial charge in [-0.15, -0.1) is 0 Å². The Hall–Kier alpha value is 0.0864. The fourth-order valence-electron chi connectivity index (χ4n) is 3.21. The molecule has 0 N–H and O–H groups in total. The van der Waals surface area contributed by atoms with Gasteiger partial charge in [0.1, 0.15) is 5.75 Å². The van der Waals surface area contributed by atoms with Crippen molar-refractivity contribution in [1.82, 2.24) is 0 Å². The van der Waals surface area contributed by atoms with Crippen molar-refractivity contribution in [3.05, 3.63) is 42.5 Å². The molecule has 0 aliphatic carbocycles. The third-order valence-electron chi connectivity index (χ3n) is 4.71. The van der Waals surface area contributed by atoms with Gasteiger partial charge in [0.2, 0.25) is 0 Å². The predicted octanol–water partition coefficient (Wildman–Crippen LogP) is 5.82. The van der Waals surface area contributed by atoms with E-state index in [1.54, 1.807) is 6.07 Å². The van der Waals surface area contributed by atoms with E-state index < -0.39 is 10.1 Å². The SMILES string of the molecule is CCCCCCCCCCCCS(=O)(=O)Oc1cccc2ccccc12.[KH]. The van der Waals surface area contributed by atoms with Crippen molar-refractivity contribution in [2.24, 2.45) is 0 Å². The van der Waals surface area contributed by atoms with Gasteiger partial charge >= 0.3 is 61.5 Å². The van der Waals surface area contributed by atoms with Crippen molar-refractivity contribution in [1.29, 1.82) is 0 Å². The Morgan fingerprint density at radius 2 is 1.30 bits per heavy atom. The number of hydrogen-bond donors (Lipinski definition) is 0. The summed E-state index contributed by atoms with van der Waals surface area (Å²) in [6, 6.07) is 13.2. The van der Waals surface area contributed by atoms with Gasteiger partial charge in [0, 0.05) is 5.39 Å². The van der Waals surface area contributed by atoms with E-state index in [0.717, 1.165) is 23.6 Å². The van der Waals surface area contributed by atoms with Crippen LogP contribution in [0.15, 0.2) is 42.5 Å². The van der Waals surface area contributed by atoms with Crippen LogP contribution in [0.2, 0.25) is 0 Å². The topological polar surface area (TPSA) is 43.4 Å². The van der Waals surface area contributed by atoms with Gasteiger partial charge in [-0.05, 0) is 17.9 Å². The van der Waals surface area contributed by atoms with Crippen LogP contribution in [-0.2, 0) is 10.1 Å². The molecule has 0 heterocycles. The molecule has 2 aromatic carbocycles. The molecule has 0 spiro atoms. The number of fused-ring (bicyclic) bond motifs is 1. The van der Waals surface area contributed by atoms with Crippen molar-refractivity contribution < 1.29 is 12.6 Å². The summed E-state index contributed by atoms with van der Waals surface area (Å²) in [6.07, 6.45) is 11.8. The first kappa shape index (κ1) is 25.1. The molecule has 0 fully saturated rings. The number of unbranched alkanes of at least 4 members (excludes halogenated alkanes) is 9. The summed E-state index contributed by atoms with van der Waals surface area (Å²) in [4.78, 5) is 0. The first-order valence-corrected chi connectivity index (χ1v) is 11.6. The van der Waals surface area contributed by atoms with Crippen LogP contribution in [0.25, 0.3) is 10.8 Å². The Morgan fingerprint density at radius 1 is 0.741 bits per heavy atom. The van der Waals surface area contributed by atoms with Crippen LogP contribution in [0.4, 0.5) is 0 Å². The molecule has 27 heavy (non-hydrogen) atoms. The van der Waals surface area contributed by atoms with E-state index in [1.165, 1.54) is 44.9 Å². The summed E-state index contributed by atoms with van der Waals surface area (Å²) >= 11 is 0. The third-order valence-corrected chi connectivity index (χ3v) is 5.94. The third kappa shape index (κ3) is 9.91. The zero-order chi connectivity index (χ0) is 18.7. The average molecular weight is 417 g/mol. The zero-order valence-electron chi connectivity index (χ0n) is 16.0. The van der Waals surface area contributed by atoms with Gasteiger partial charge in [-0.25, -0.2) is 0 Å². The van der Waals surface area contributed by atoms with Gasteiger partial charge in [-0.3, -0.25) is 0 Å². The summed E-state index contributed by atoms with van der Waals surface area (Å²) in [5.74, 6) is 0.516. The molecule has 0 unspecified atom stereocenters. The van der Waals surface area contributed by atoms with E-state index >= 15 is 0 Å². The minimum atomic E-state index is -3.53. The van der Waals surface area contributed by atoms with Crippen molar-refractivity contribution in [3.63, 3.8) is 0 Å². The summed E-state index contributed by atoms with van der Waals surface area (Å²) in [6.45, 7) is 2.23. The summed E-state index contributed by atoms with van der Waals surface area (Å²) in [5, 5.41) is 1.82. The Kier molecular flexibility index (Phi) is 13.1. The first-order valence-electron chi connectivity index (χ1n) is 10.0. The zero-order valence-corrected chi connectivity index (χ0v) is 16.8. The second kappa shape index (κ2) is 14.1. The van der Waals surface area contributed by atoms with Crippen molar-refractivity contribution >= 4 is 72.3 Å². The van der Waals surface area contributed by atoms with Gasteiger partial charge < -0.3 is 4.18 Å². The molecule has 146 valence electrons. The fraction of sp³-hybridized carbons (Fsp3) is 0.545. The molecule has 0 saturated heterocycles. The predicted molar refractivity (Wildman–Crippen MR) is 117 cm³/mol. The summed E-state index contributed by atoms with van der Waals surface area (Å²) in [5.41, 5.74) is 0. The molecule has 0 atom stereocenters. The van der Waals surface area contributed by atoms with Crippen LogP contribution in [0.1, 0.15) is 71.1 Å². The van der Waals surface area contributed by atoms with Crippen molar-refractivity contribution in [2.45, 2.75) is 71.1 Å². The molecule has 2 aromatic rings. The molecular formula is C22H33KO3S. The Balaban J connectivity index is 0.00000364. The molecule has 3 nitrogen and oxygen atoms in total. The normalized spacial score (nSPS) is 11.3. The molecule has 2 rings (SSSR count). The fourth-order valence-corrected chi connectivity index (χ4v) is 4.27. The van der Waals surface area contributed by atoms with E-state index in [9.17, 15) is 8.42 Å². The van der Waals surface area contributed by atoms with Crippen LogP contribution in [0.3, 0.4) is 0 Å². The van der Waals surface area contributed by atoms with Crippen LogP contribution < -0.4 is 4.18 Å². The maximum absolute atomic E-state index is 12.3. The van der Waals surface area contributed by atoms with Crippen molar-refractivity contribution in [3.8, 4) is 5.75 Å². The van der Waals surface area contributed by atoms with Gasteiger partial charge in [-0.1, -0.05) is 101 Å². The molecule has 0 bridgehead atoms. The summed E-state index contributed by atoms with van der Waals surface area (Å²) < 4.78 is 29.9. The second-order valence-corrected chi connectivity index (χ2v) is 8.69. The molecular weight excluding hydrogens is 383 g/mol. The van der Waals surface area contributed by atoms with Gasteiger partial charge in [0.05, 0.1) is 5.75 Å². The summed E-state index contributed by atoms with van der Waals surface area (Å²) in [7, 11) is -3.53. The van der Waals surface area contributed by atoms with E-state index in [4.69, 9.17) is 4.18 Å². The molecule has 0 aliphatic rings. The maximum atomic E-state index is 12.3. The van der Waals surface area contributed by atoms with E-state index in [-0.39, 0.29) is 57.1 Å². The first-order chi connectivity index (χ1) is 12.6. The van der Waals surface area contributed by atoms with Gasteiger partial charge in [-0.2, -0.15) is 8.42 Å². The van der Waals surface area contributed by atoms with Gasteiger partial charge in [0.15, 0.2) is 0 Å².